The van der Waals surface area contributed by atoms with Gasteiger partial charge in [-0.05, 0) is 37.7 Å². The maximum Gasteiger partial charge on any atom is 0.134 e. The van der Waals surface area contributed by atoms with Gasteiger partial charge in [-0.1, -0.05) is 18.2 Å². The van der Waals surface area contributed by atoms with E-state index >= 15 is 0 Å². The molecule has 2 heterocycles. The van der Waals surface area contributed by atoms with Crippen molar-refractivity contribution in [1.29, 1.82) is 0 Å². The highest BCUT2D eigenvalue weighted by Crippen LogP contribution is 2.25. The zero-order valence-electron chi connectivity index (χ0n) is 10.7. The number of hydrogen-bond acceptors (Lipinski definition) is 3. The van der Waals surface area contributed by atoms with Gasteiger partial charge in [0.2, 0.25) is 0 Å². The van der Waals surface area contributed by atoms with Crippen molar-refractivity contribution in [2.24, 2.45) is 0 Å². The van der Waals surface area contributed by atoms with Crippen molar-refractivity contribution in [3.05, 3.63) is 36.1 Å². The number of furan rings is 1. The Balaban J connectivity index is 1.72. The number of hydrogen-bond donors (Lipinski definition) is 1. The molecule has 1 saturated heterocycles. The van der Waals surface area contributed by atoms with Gasteiger partial charge >= 0.3 is 0 Å². The van der Waals surface area contributed by atoms with E-state index in [0.717, 1.165) is 11.3 Å². The van der Waals surface area contributed by atoms with Crippen molar-refractivity contribution < 1.29 is 4.42 Å². The molecule has 0 bridgehead atoms. The largest absolute Gasteiger partial charge is 0.459 e. The van der Waals surface area contributed by atoms with Crippen molar-refractivity contribution >= 4 is 22.7 Å². The summed E-state index contributed by atoms with van der Waals surface area (Å²) in [6, 6.07) is 11.3. The number of fused-ring (bicyclic) bond motifs is 1. The van der Waals surface area contributed by atoms with Crippen LogP contribution in [0.4, 0.5) is 0 Å². The van der Waals surface area contributed by atoms with Gasteiger partial charge in [-0.3, -0.25) is 0 Å². The van der Waals surface area contributed by atoms with E-state index in [0.29, 0.717) is 12.1 Å². The summed E-state index contributed by atoms with van der Waals surface area (Å²) in [5.41, 5.74) is 0.985. The van der Waals surface area contributed by atoms with Crippen molar-refractivity contribution in [1.82, 2.24) is 5.32 Å². The Morgan fingerprint density at radius 1 is 1.39 bits per heavy atom. The maximum atomic E-state index is 5.90. The predicted octanol–water partition coefficient (Wildman–Crippen LogP) is 3.98. The summed E-state index contributed by atoms with van der Waals surface area (Å²) in [4.78, 5) is 0. The van der Waals surface area contributed by atoms with Gasteiger partial charge in [-0.15, -0.1) is 0 Å². The quantitative estimate of drug-likeness (QED) is 0.904. The minimum absolute atomic E-state index is 0.293. The molecule has 96 valence electrons. The van der Waals surface area contributed by atoms with Gasteiger partial charge in [0, 0.05) is 17.2 Å². The molecule has 1 aromatic carbocycles. The van der Waals surface area contributed by atoms with Crippen LogP contribution in [-0.4, -0.2) is 17.5 Å². The van der Waals surface area contributed by atoms with Gasteiger partial charge in [-0.2, -0.15) is 11.8 Å². The fourth-order valence-corrected chi connectivity index (χ4v) is 3.61. The Morgan fingerprint density at radius 2 is 2.28 bits per heavy atom. The van der Waals surface area contributed by atoms with E-state index in [9.17, 15) is 0 Å². The monoisotopic (exact) mass is 261 g/mol. The third-order valence-corrected chi connectivity index (χ3v) is 4.73. The van der Waals surface area contributed by atoms with Crippen LogP contribution in [0, 0.1) is 0 Å². The zero-order chi connectivity index (χ0) is 12.4. The smallest absolute Gasteiger partial charge is 0.134 e. The van der Waals surface area contributed by atoms with Gasteiger partial charge in [0.1, 0.15) is 11.3 Å². The Labute approximate surface area is 112 Å². The summed E-state index contributed by atoms with van der Waals surface area (Å²) in [6.45, 7) is 2.19. The number of para-hydroxylation sites is 1. The van der Waals surface area contributed by atoms with Crippen LogP contribution < -0.4 is 5.32 Å². The second-order valence-electron chi connectivity index (χ2n) is 4.99. The molecule has 0 amide bonds. The van der Waals surface area contributed by atoms with Crippen LogP contribution in [0.25, 0.3) is 11.0 Å². The van der Waals surface area contributed by atoms with Crippen LogP contribution in [0.1, 0.15) is 31.6 Å². The first kappa shape index (κ1) is 12.1. The van der Waals surface area contributed by atoms with E-state index in [-0.39, 0.29) is 0 Å². The van der Waals surface area contributed by atoms with Gasteiger partial charge in [-0.25, -0.2) is 0 Å². The number of rotatable bonds is 3. The maximum absolute atomic E-state index is 5.90. The first-order chi connectivity index (χ1) is 8.83. The Bertz CT molecular complexity index is 483. The second-order valence-corrected chi connectivity index (χ2v) is 6.14. The van der Waals surface area contributed by atoms with E-state index in [1.165, 1.54) is 29.7 Å². The van der Waals surface area contributed by atoms with Gasteiger partial charge in [0.05, 0.1) is 6.04 Å². The molecule has 0 saturated carbocycles. The highest BCUT2D eigenvalue weighted by Gasteiger charge is 2.18. The Kier molecular flexibility index (Phi) is 3.62. The molecule has 3 rings (SSSR count). The first-order valence-electron chi connectivity index (χ1n) is 6.65. The third-order valence-electron chi connectivity index (χ3n) is 3.52. The molecule has 1 aliphatic heterocycles. The SMILES string of the molecule is CC(NC1CCCSC1)c1cc2ccccc2o1. The predicted molar refractivity (Wildman–Crippen MR) is 78.1 cm³/mol. The lowest BCUT2D eigenvalue weighted by molar-refractivity contribution is 0.398. The summed E-state index contributed by atoms with van der Waals surface area (Å²) in [5.74, 6) is 3.59. The molecule has 0 radical (unpaired) electrons. The number of nitrogens with one attached hydrogen (secondary N) is 1. The summed E-state index contributed by atoms with van der Waals surface area (Å²) < 4.78 is 5.90. The van der Waals surface area contributed by atoms with Crippen molar-refractivity contribution in [2.45, 2.75) is 31.8 Å². The molecule has 1 aromatic heterocycles. The average molecular weight is 261 g/mol. The molecule has 3 heteroatoms. The van der Waals surface area contributed by atoms with Crippen LogP contribution in [0.5, 0.6) is 0 Å². The van der Waals surface area contributed by atoms with Crippen LogP contribution in [0.2, 0.25) is 0 Å². The topological polar surface area (TPSA) is 25.2 Å². The molecule has 2 nitrogen and oxygen atoms in total. The lowest BCUT2D eigenvalue weighted by Crippen LogP contribution is -2.35. The molecule has 1 N–H and O–H groups in total. The lowest BCUT2D eigenvalue weighted by atomic mass is 10.1. The molecule has 2 aromatic rings. The minimum Gasteiger partial charge on any atom is -0.459 e. The summed E-state index contributed by atoms with van der Waals surface area (Å²) in [7, 11) is 0. The van der Waals surface area contributed by atoms with E-state index in [4.69, 9.17) is 4.42 Å². The molecule has 1 aliphatic rings. The fraction of sp³-hybridized carbons (Fsp3) is 0.467. The Hall–Kier alpha value is -0.930. The van der Waals surface area contributed by atoms with Crippen LogP contribution >= 0.6 is 11.8 Å². The first-order valence-corrected chi connectivity index (χ1v) is 7.80. The summed E-state index contributed by atoms with van der Waals surface area (Å²) >= 11 is 2.05. The molecule has 2 atom stereocenters. The molecule has 2 unspecified atom stereocenters. The molecular weight excluding hydrogens is 242 g/mol. The van der Waals surface area contributed by atoms with E-state index in [2.05, 4.69) is 42.2 Å². The van der Waals surface area contributed by atoms with Gasteiger partial charge < -0.3 is 9.73 Å². The van der Waals surface area contributed by atoms with Gasteiger partial charge in [0.25, 0.3) is 0 Å². The third kappa shape index (κ3) is 2.57. The summed E-state index contributed by atoms with van der Waals surface area (Å²) in [6.07, 6.45) is 2.62. The second kappa shape index (κ2) is 5.37. The van der Waals surface area contributed by atoms with E-state index < -0.39 is 0 Å². The lowest BCUT2D eigenvalue weighted by Gasteiger charge is -2.25. The Morgan fingerprint density at radius 3 is 3.06 bits per heavy atom. The number of benzene rings is 1. The summed E-state index contributed by atoms with van der Waals surface area (Å²) in [5, 5.41) is 4.88. The fourth-order valence-electron chi connectivity index (χ4n) is 2.52. The van der Waals surface area contributed by atoms with Crippen molar-refractivity contribution in [2.75, 3.05) is 11.5 Å². The van der Waals surface area contributed by atoms with E-state index in [1.54, 1.807) is 0 Å². The highest BCUT2D eigenvalue weighted by molar-refractivity contribution is 7.99. The minimum atomic E-state index is 0.293. The highest BCUT2D eigenvalue weighted by atomic mass is 32.2. The van der Waals surface area contributed by atoms with Crippen molar-refractivity contribution in [3.8, 4) is 0 Å². The molecule has 1 fully saturated rings. The zero-order valence-corrected chi connectivity index (χ0v) is 11.5. The van der Waals surface area contributed by atoms with Crippen molar-refractivity contribution in [3.63, 3.8) is 0 Å². The molecule has 18 heavy (non-hydrogen) atoms. The standard InChI is InChI=1S/C15H19NOS/c1-11(16-13-6-4-8-18-10-13)15-9-12-5-2-3-7-14(12)17-15/h2-3,5,7,9,11,13,16H,4,6,8,10H2,1H3. The number of thioether (sulfide) groups is 1. The molecule has 0 aliphatic carbocycles. The average Bonchev–Trinajstić information content (AvgIpc) is 2.84. The van der Waals surface area contributed by atoms with E-state index in [1.807, 2.05) is 12.1 Å². The van der Waals surface area contributed by atoms with Crippen LogP contribution in [0.3, 0.4) is 0 Å². The van der Waals surface area contributed by atoms with Crippen LogP contribution in [-0.2, 0) is 0 Å². The molecular formula is C15H19NOS. The normalized spacial score (nSPS) is 22.2. The van der Waals surface area contributed by atoms with Gasteiger partial charge in [0.15, 0.2) is 0 Å². The van der Waals surface area contributed by atoms with Crippen LogP contribution in [0.15, 0.2) is 34.7 Å². The molecule has 0 spiro atoms.